The van der Waals surface area contributed by atoms with E-state index in [0.717, 1.165) is 29.5 Å². The van der Waals surface area contributed by atoms with Crippen LogP contribution in [0.2, 0.25) is 0 Å². The van der Waals surface area contributed by atoms with E-state index in [4.69, 9.17) is 5.11 Å². The number of rotatable bonds is 5. The highest BCUT2D eigenvalue weighted by Gasteiger charge is 2.32. The lowest BCUT2D eigenvalue weighted by atomic mass is 10.00. The zero-order valence-electron chi connectivity index (χ0n) is 15.5. The molecular weight excluding hydrogens is 352 g/mol. The molecule has 0 amide bonds. The monoisotopic (exact) mass is 378 g/mol. The van der Waals surface area contributed by atoms with Crippen molar-refractivity contribution in [1.29, 1.82) is 0 Å². The first-order valence-electron chi connectivity index (χ1n) is 8.89. The minimum absolute atomic E-state index is 0.142. The number of benzene rings is 1. The first-order chi connectivity index (χ1) is 12.3. The van der Waals surface area contributed by atoms with Gasteiger partial charge in [0, 0.05) is 19.6 Å². The summed E-state index contributed by atoms with van der Waals surface area (Å²) in [7, 11) is -3.52. The molecule has 0 radical (unpaired) electrons. The quantitative estimate of drug-likeness (QED) is 0.857. The molecule has 0 aliphatic carbocycles. The van der Waals surface area contributed by atoms with Crippen LogP contribution in [0, 0.1) is 26.7 Å². The fraction of sp³-hybridized carbons (Fsp3) is 0.556. The Kier molecular flexibility index (Phi) is 5.45. The molecule has 8 heteroatoms. The summed E-state index contributed by atoms with van der Waals surface area (Å²) in [6.07, 6.45) is 3.49. The van der Waals surface area contributed by atoms with E-state index < -0.39 is 10.0 Å². The second-order valence-corrected chi connectivity index (χ2v) is 9.06. The molecule has 3 rings (SSSR count). The molecule has 2 aromatic rings. The largest absolute Gasteiger partial charge is 0.390 e. The zero-order valence-corrected chi connectivity index (χ0v) is 16.3. The molecule has 0 bridgehead atoms. The Hall–Kier alpha value is -1.77. The van der Waals surface area contributed by atoms with Crippen LogP contribution in [0.25, 0.3) is 0 Å². The predicted octanol–water partition coefficient (Wildman–Crippen LogP) is 1.80. The van der Waals surface area contributed by atoms with Crippen molar-refractivity contribution in [2.24, 2.45) is 5.92 Å². The van der Waals surface area contributed by atoms with Crippen LogP contribution in [-0.2, 0) is 23.2 Å². The molecule has 2 heterocycles. The summed E-state index contributed by atoms with van der Waals surface area (Å²) >= 11 is 0. The topological polar surface area (TPSA) is 88.3 Å². The second-order valence-electron chi connectivity index (χ2n) is 7.19. The third kappa shape index (κ3) is 3.82. The lowest BCUT2D eigenvalue weighted by Gasteiger charge is -2.32. The van der Waals surface area contributed by atoms with Crippen LogP contribution in [0.5, 0.6) is 0 Å². The van der Waals surface area contributed by atoms with E-state index in [1.807, 2.05) is 32.9 Å². The SMILES string of the molecule is Cc1cc(C)c(S(=O)(=O)N2CCC[C@H](Cn3cc(CO)nn3)C2)c(C)c1. The number of hydrogen-bond acceptors (Lipinski definition) is 5. The molecule has 1 aromatic heterocycles. The summed E-state index contributed by atoms with van der Waals surface area (Å²) in [5.41, 5.74) is 3.19. The smallest absolute Gasteiger partial charge is 0.243 e. The molecule has 0 unspecified atom stereocenters. The van der Waals surface area contributed by atoms with Gasteiger partial charge in [-0.15, -0.1) is 5.10 Å². The van der Waals surface area contributed by atoms with Gasteiger partial charge in [0.05, 0.1) is 17.7 Å². The van der Waals surface area contributed by atoms with Gasteiger partial charge in [0.15, 0.2) is 0 Å². The van der Waals surface area contributed by atoms with E-state index in [9.17, 15) is 8.42 Å². The van der Waals surface area contributed by atoms with Crippen molar-refractivity contribution in [1.82, 2.24) is 19.3 Å². The van der Waals surface area contributed by atoms with Crippen molar-refractivity contribution in [3.05, 3.63) is 40.7 Å². The molecule has 1 fully saturated rings. The van der Waals surface area contributed by atoms with Gasteiger partial charge >= 0.3 is 0 Å². The van der Waals surface area contributed by atoms with E-state index in [2.05, 4.69) is 10.3 Å². The molecule has 1 aliphatic heterocycles. The van der Waals surface area contributed by atoms with Crippen LogP contribution < -0.4 is 0 Å². The molecule has 1 saturated heterocycles. The highest BCUT2D eigenvalue weighted by atomic mass is 32.2. The summed E-state index contributed by atoms with van der Waals surface area (Å²) in [4.78, 5) is 0.437. The van der Waals surface area contributed by atoms with Gasteiger partial charge in [0.2, 0.25) is 10.0 Å². The fourth-order valence-electron chi connectivity index (χ4n) is 3.86. The van der Waals surface area contributed by atoms with E-state index >= 15 is 0 Å². The lowest BCUT2D eigenvalue weighted by Crippen LogP contribution is -2.41. The first kappa shape index (κ1) is 19.0. The molecule has 1 aromatic carbocycles. The Morgan fingerprint density at radius 2 is 1.92 bits per heavy atom. The maximum Gasteiger partial charge on any atom is 0.243 e. The Morgan fingerprint density at radius 3 is 2.54 bits per heavy atom. The van der Waals surface area contributed by atoms with Crippen molar-refractivity contribution >= 4 is 10.0 Å². The van der Waals surface area contributed by atoms with Crippen molar-refractivity contribution in [3.8, 4) is 0 Å². The standard InChI is InChI=1S/C18H26N4O3S/c1-13-7-14(2)18(15(3)8-13)26(24,25)22-6-4-5-16(10-22)9-21-11-17(12-23)19-20-21/h7-8,11,16,23H,4-6,9-10,12H2,1-3H3/t16-/m1/s1. The van der Waals surface area contributed by atoms with Gasteiger partial charge in [-0.3, -0.25) is 4.68 Å². The Bertz CT molecular complexity index is 869. The number of aliphatic hydroxyl groups is 1. The molecule has 1 atom stereocenters. The molecular formula is C18H26N4O3S. The van der Waals surface area contributed by atoms with Crippen molar-refractivity contribution < 1.29 is 13.5 Å². The summed E-state index contributed by atoms with van der Waals surface area (Å²) in [6, 6.07) is 3.85. The van der Waals surface area contributed by atoms with Crippen LogP contribution in [0.1, 0.15) is 35.2 Å². The fourth-order valence-corrected chi connectivity index (χ4v) is 5.83. The summed E-state index contributed by atoms with van der Waals surface area (Å²) < 4.78 is 29.8. The normalized spacial score (nSPS) is 19.0. The third-order valence-corrected chi connectivity index (χ3v) is 7.05. The Balaban J connectivity index is 1.80. The second kappa shape index (κ2) is 7.46. The van der Waals surface area contributed by atoms with Gasteiger partial charge in [-0.25, -0.2) is 8.42 Å². The van der Waals surface area contributed by atoms with Gasteiger partial charge in [0.1, 0.15) is 5.69 Å². The molecule has 7 nitrogen and oxygen atoms in total. The Labute approximate surface area is 154 Å². The zero-order chi connectivity index (χ0) is 18.9. The number of aromatic nitrogens is 3. The number of nitrogens with zero attached hydrogens (tertiary/aromatic N) is 4. The molecule has 0 spiro atoms. The van der Waals surface area contributed by atoms with Crippen LogP contribution in [0.3, 0.4) is 0 Å². The van der Waals surface area contributed by atoms with Crippen LogP contribution in [0.4, 0.5) is 0 Å². The predicted molar refractivity (Wildman–Crippen MR) is 98.1 cm³/mol. The Morgan fingerprint density at radius 1 is 1.23 bits per heavy atom. The van der Waals surface area contributed by atoms with Crippen LogP contribution in [-0.4, -0.2) is 45.9 Å². The number of piperidine rings is 1. The van der Waals surface area contributed by atoms with Gasteiger partial charge in [-0.2, -0.15) is 4.31 Å². The highest BCUT2D eigenvalue weighted by molar-refractivity contribution is 7.89. The molecule has 142 valence electrons. The van der Waals surface area contributed by atoms with Gasteiger partial charge < -0.3 is 5.11 Å². The van der Waals surface area contributed by atoms with Gasteiger partial charge in [-0.1, -0.05) is 22.9 Å². The van der Waals surface area contributed by atoms with E-state index in [0.29, 0.717) is 30.2 Å². The van der Waals surface area contributed by atoms with E-state index in [1.165, 1.54) is 0 Å². The number of aliphatic hydroxyl groups excluding tert-OH is 1. The minimum Gasteiger partial charge on any atom is -0.390 e. The lowest BCUT2D eigenvalue weighted by molar-refractivity contribution is 0.238. The van der Waals surface area contributed by atoms with Crippen LogP contribution >= 0.6 is 0 Å². The van der Waals surface area contributed by atoms with Crippen molar-refractivity contribution in [3.63, 3.8) is 0 Å². The summed E-state index contributed by atoms with van der Waals surface area (Å²) in [6.45, 7) is 7.18. The number of hydrogen-bond donors (Lipinski definition) is 1. The average molecular weight is 378 g/mol. The van der Waals surface area contributed by atoms with Crippen molar-refractivity contribution in [2.75, 3.05) is 13.1 Å². The summed E-state index contributed by atoms with van der Waals surface area (Å²) in [5.74, 6) is 0.179. The molecule has 0 saturated carbocycles. The molecule has 1 aliphatic rings. The van der Waals surface area contributed by atoms with Crippen molar-refractivity contribution in [2.45, 2.75) is 51.7 Å². The average Bonchev–Trinajstić information content (AvgIpc) is 3.01. The maximum atomic E-state index is 13.2. The van der Waals surface area contributed by atoms with Gasteiger partial charge in [-0.05, 0) is 50.7 Å². The molecule has 26 heavy (non-hydrogen) atoms. The minimum atomic E-state index is -3.52. The summed E-state index contributed by atoms with van der Waals surface area (Å²) in [5, 5.41) is 17.0. The van der Waals surface area contributed by atoms with Gasteiger partial charge in [0.25, 0.3) is 0 Å². The van der Waals surface area contributed by atoms with Crippen LogP contribution in [0.15, 0.2) is 23.2 Å². The maximum absolute atomic E-state index is 13.2. The number of aryl methyl sites for hydroxylation is 3. The van der Waals surface area contributed by atoms with E-state index in [-0.39, 0.29) is 12.5 Å². The molecule has 1 N–H and O–H groups in total. The number of sulfonamides is 1. The van der Waals surface area contributed by atoms with E-state index in [1.54, 1.807) is 15.2 Å². The third-order valence-electron chi connectivity index (χ3n) is 4.88. The first-order valence-corrected chi connectivity index (χ1v) is 10.3. The highest BCUT2D eigenvalue weighted by Crippen LogP contribution is 2.29.